The first-order chi connectivity index (χ1) is 14.6. The summed E-state index contributed by atoms with van der Waals surface area (Å²) in [5.74, 6) is -0.0160. The molecule has 0 amide bonds. The third-order valence-corrected chi connectivity index (χ3v) is 5.73. The molecule has 30 heavy (non-hydrogen) atoms. The molecule has 0 fully saturated rings. The lowest BCUT2D eigenvalue weighted by molar-refractivity contribution is -0.151. The molecule has 0 saturated heterocycles. The number of esters is 1. The van der Waals surface area contributed by atoms with Crippen LogP contribution in [0.3, 0.4) is 0 Å². The van der Waals surface area contributed by atoms with E-state index in [9.17, 15) is 4.79 Å². The van der Waals surface area contributed by atoms with Crippen LogP contribution in [0.5, 0.6) is 0 Å². The van der Waals surface area contributed by atoms with E-state index in [1.165, 1.54) is 83.5 Å². The predicted molar refractivity (Wildman–Crippen MR) is 131 cm³/mol. The van der Waals surface area contributed by atoms with Crippen molar-refractivity contribution in [3.8, 4) is 0 Å². The number of rotatable bonds is 23. The number of hydrogen-bond donors (Lipinski definition) is 1. The van der Waals surface area contributed by atoms with Gasteiger partial charge in [0.1, 0.15) is 0 Å². The topological polar surface area (TPSA) is 41.6 Å². The minimum absolute atomic E-state index is 0.0160. The minimum atomic E-state index is -0.0880. The summed E-state index contributed by atoms with van der Waals surface area (Å²) in [6, 6.07) is 0. The van der Waals surface area contributed by atoms with Gasteiger partial charge in [-0.1, -0.05) is 90.9 Å². The zero-order valence-corrected chi connectivity index (χ0v) is 21.0. The van der Waals surface area contributed by atoms with Gasteiger partial charge in [-0.15, -0.1) is 0 Å². The maximum Gasteiger partial charge on any atom is 0.307 e. The van der Waals surface area contributed by atoms with E-state index in [-0.39, 0.29) is 12.2 Å². The highest BCUT2D eigenvalue weighted by atomic mass is 16.6. The first-order valence-corrected chi connectivity index (χ1v) is 13.2. The van der Waals surface area contributed by atoms with Crippen molar-refractivity contribution in [2.75, 3.05) is 27.2 Å². The second-order valence-corrected chi connectivity index (χ2v) is 9.22. The van der Waals surface area contributed by atoms with Crippen molar-refractivity contribution < 1.29 is 9.53 Å². The Morgan fingerprint density at radius 1 is 0.733 bits per heavy atom. The van der Waals surface area contributed by atoms with Crippen molar-refractivity contribution in [1.82, 2.24) is 10.2 Å². The Balaban J connectivity index is 3.99. The SMILES string of the molecule is CCCCCCCCC(NCCCCCCC)OC(=O)CCCCCCCN(C)C. The summed E-state index contributed by atoms with van der Waals surface area (Å²) in [5, 5.41) is 3.51. The van der Waals surface area contributed by atoms with Crippen LogP contribution < -0.4 is 5.32 Å². The molecular formula is C26H54N2O2. The van der Waals surface area contributed by atoms with Crippen LogP contribution >= 0.6 is 0 Å². The van der Waals surface area contributed by atoms with Crippen molar-refractivity contribution in [3.05, 3.63) is 0 Å². The van der Waals surface area contributed by atoms with Gasteiger partial charge in [0.2, 0.25) is 0 Å². The summed E-state index contributed by atoms with van der Waals surface area (Å²) >= 11 is 0. The van der Waals surface area contributed by atoms with Gasteiger partial charge >= 0.3 is 5.97 Å². The fraction of sp³-hybridized carbons (Fsp3) is 0.962. The third kappa shape index (κ3) is 22.1. The van der Waals surface area contributed by atoms with Gasteiger partial charge in [-0.3, -0.25) is 10.1 Å². The van der Waals surface area contributed by atoms with Crippen molar-refractivity contribution in [1.29, 1.82) is 0 Å². The van der Waals surface area contributed by atoms with Crippen LogP contribution in [-0.2, 0) is 9.53 Å². The largest absolute Gasteiger partial charge is 0.447 e. The van der Waals surface area contributed by atoms with Gasteiger partial charge in [0, 0.05) is 6.42 Å². The van der Waals surface area contributed by atoms with Gasteiger partial charge in [-0.25, -0.2) is 0 Å². The van der Waals surface area contributed by atoms with E-state index in [0.29, 0.717) is 6.42 Å². The van der Waals surface area contributed by atoms with Crippen molar-refractivity contribution in [2.45, 2.75) is 136 Å². The highest BCUT2D eigenvalue weighted by Gasteiger charge is 2.13. The van der Waals surface area contributed by atoms with E-state index in [0.717, 1.165) is 38.8 Å². The highest BCUT2D eigenvalue weighted by Crippen LogP contribution is 2.12. The fourth-order valence-electron chi connectivity index (χ4n) is 3.75. The van der Waals surface area contributed by atoms with Crippen LogP contribution in [0.1, 0.15) is 129 Å². The van der Waals surface area contributed by atoms with Crippen molar-refractivity contribution in [3.63, 3.8) is 0 Å². The monoisotopic (exact) mass is 426 g/mol. The Hall–Kier alpha value is -0.610. The van der Waals surface area contributed by atoms with Crippen LogP contribution in [0, 0.1) is 0 Å². The Kier molecular flexibility index (Phi) is 22.6. The van der Waals surface area contributed by atoms with Gasteiger partial charge in [-0.2, -0.15) is 0 Å². The molecule has 1 unspecified atom stereocenters. The van der Waals surface area contributed by atoms with Gasteiger partial charge in [-0.05, 0) is 59.3 Å². The Labute approximate surface area is 188 Å². The normalized spacial score (nSPS) is 12.4. The minimum Gasteiger partial charge on any atom is -0.447 e. The zero-order valence-electron chi connectivity index (χ0n) is 21.0. The zero-order chi connectivity index (χ0) is 22.3. The predicted octanol–water partition coefficient (Wildman–Crippen LogP) is 7.07. The number of ether oxygens (including phenoxy) is 1. The molecule has 0 saturated carbocycles. The number of unbranched alkanes of at least 4 members (excludes halogenated alkanes) is 13. The molecule has 0 aromatic rings. The molecule has 0 heterocycles. The lowest BCUT2D eigenvalue weighted by Gasteiger charge is -2.19. The van der Waals surface area contributed by atoms with E-state index in [4.69, 9.17) is 4.74 Å². The summed E-state index contributed by atoms with van der Waals surface area (Å²) in [7, 11) is 4.24. The van der Waals surface area contributed by atoms with E-state index < -0.39 is 0 Å². The standard InChI is InChI=1S/C26H54N2O2/c1-5-7-9-11-13-17-21-25(27-23-19-15-10-8-6-2)30-26(29)22-18-14-12-16-20-24-28(3)4/h25,27H,5-24H2,1-4H3. The average Bonchev–Trinajstić information content (AvgIpc) is 2.71. The van der Waals surface area contributed by atoms with E-state index in [1.54, 1.807) is 0 Å². The number of hydrogen-bond acceptors (Lipinski definition) is 4. The van der Waals surface area contributed by atoms with E-state index in [1.807, 2.05) is 0 Å². The Morgan fingerprint density at radius 3 is 1.90 bits per heavy atom. The van der Waals surface area contributed by atoms with Gasteiger partial charge in [0.15, 0.2) is 6.23 Å². The molecule has 0 radical (unpaired) electrons. The van der Waals surface area contributed by atoms with Crippen molar-refractivity contribution >= 4 is 5.97 Å². The number of nitrogens with zero attached hydrogens (tertiary/aromatic N) is 1. The smallest absolute Gasteiger partial charge is 0.307 e. The number of carbonyl (C=O) groups excluding carboxylic acids is 1. The maximum absolute atomic E-state index is 12.3. The molecule has 0 aliphatic heterocycles. The summed E-state index contributed by atoms with van der Waals surface area (Å²) in [4.78, 5) is 14.5. The lowest BCUT2D eigenvalue weighted by Crippen LogP contribution is -2.34. The molecule has 0 aromatic heterocycles. The first kappa shape index (κ1) is 29.4. The molecule has 180 valence electrons. The second kappa shape index (κ2) is 23.1. The number of carbonyl (C=O) groups is 1. The molecule has 0 bridgehead atoms. The number of nitrogens with one attached hydrogen (secondary N) is 1. The van der Waals surface area contributed by atoms with Gasteiger partial charge in [0.25, 0.3) is 0 Å². The summed E-state index contributed by atoms with van der Waals surface area (Å²) in [6.45, 7) is 6.62. The Bertz CT molecular complexity index is 345. The molecule has 0 aromatic carbocycles. The summed E-state index contributed by atoms with van der Waals surface area (Å²) in [5.41, 5.74) is 0. The van der Waals surface area contributed by atoms with Crippen LogP contribution in [0.2, 0.25) is 0 Å². The fourth-order valence-corrected chi connectivity index (χ4v) is 3.75. The Morgan fingerprint density at radius 2 is 1.27 bits per heavy atom. The molecule has 0 aliphatic carbocycles. The van der Waals surface area contributed by atoms with Crippen LogP contribution in [0.15, 0.2) is 0 Å². The van der Waals surface area contributed by atoms with Crippen molar-refractivity contribution in [2.24, 2.45) is 0 Å². The van der Waals surface area contributed by atoms with E-state index in [2.05, 4.69) is 38.2 Å². The molecular weight excluding hydrogens is 372 g/mol. The molecule has 4 heteroatoms. The molecule has 1 N–H and O–H groups in total. The van der Waals surface area contributed by atoms with E-state index >= 15 is 0 Å². The maximum atomic E-state index is 12.3. The first-order valence-electron chi connectivity index (χ1n) is 13.2. The molecule has 0 spiro atoms. The molecule has 0 rings (SSSR count). The average molecular weight is 427 g/mol. The third-order valence-electron chi connectivity index (χ3n) is 5.73. The second-order valence-electron chi connectivity index (χ2n) is 9.22. The summed E-state index contributed by atoms with van der Waals surface area (Å²) in [6.07, 6.45) is 21.3. The van der Waals surface area contributed by atoms with Gasteiger partial charge < -0.3 is 9.64 Å². The summed E-state index contributed by atoms with van der Waals surface area (Å²) < 4.78 is 5.81. The quantitative estimate of drug-likeness (QED) is 0.108. The molecule has 4 nitrogen and oxygen atoms in total. The molecule has 0 aliphatic rings. The lowest BCUT2D eigenvalue weighted by atomic mass is 10.1. The molecule has 1 atom stereocenters. The van der Waals surface area contributed by atoms with Gasteiger partial charge in [0.05, 0.1) is 0 Å². The van der Waals surface area contributed by atoms with Crippen LogP contribution in [0.4, 0.5) is 0 Å². The van der Waals surface area contributed by atoms with Crippen LogP contribution in [0.25, 0.3) is 0 Å². The van der Waals surface area contributed by atoms with Crippen LogP contribution in [-0.4, -0.2) is 44.3 Å². The highest BCUT2D eigenvalue weighted by molar-refractivity contribution is 5.69.